The predicted octanol–water partition coefficient (Wildman–Crippen LogP) is 3.60. The minimum Gasteiger partial charge on any atom is -0.481 e. The van der Waals surface area contributed by atoms with Crippen LogP contribution < -0.4 is 0 Å². The second-order valence-electron chi connectivity index (χ2n) is 4.70. The van der Waals surface area contributed by atoms with E-state index in [1.54, 1.807) is 24.3 Å². The van der Waals surface area contributed by atoms with Crippen LogP contribution in [0.2, 0.25) is 0 Å². The molecule has 21 heavy (non-hydrogen) atoms. The standard InChI is InChI=1S/C18H16O3/c19-17(16-4-2-1-3-5-16)12-10-14-6-8-15(9-7-14)11-13-18(20)21/h1-10,12H,11,13H2,(H,20,21). The smallest absolute Gasteiger partial charge is 0.303 e. The highest BCUT2D eigenvalue weighted by molar-refractivity contribution is 6.06. The van der Waals surface area contributed by atoms with E-state index in [9.17, 15) is 9.59 Å². The summed E-state index contributed by atoms with van der Waals surface area (Å²) in [6.07, 6.45) is 3.95. The van der Waals surface area contributed by atoms with Crippen molar-refractivity contribution < 1.29 is 14.7 Å². The lowest BCUT2D eigenvalue weighted by atomic mass is 10.1. The van der Waals surface area contributed by atoms with E-state index in [0.29, 0.717) is 12.0 Å². The summed E-state index contributed by atoms with van der Waals surface area (Å²) in [4.78, 5) is 22.4. The summed E-state index contributed by atoms with van der Waals surface area (Å²) in [5, 5.41) is 8.63. The van der Waals surface area contributed by atoms with Crippen molar-refractivity contribution in [3.63, 3.8) is 0 Å². The second kappa shape index (κ2) is 7.20. The summed E-state index contributed by atoms with van der Waals surface area (Å²) < 4.78 is 0. The molecule has 0 radical (unpaired) electrons. The third kappa shape index (κ3) is 4.73. The van der Waals surface area contributed by atoms with E-state index in [1.165, 1.54) is 0 Å². The van der Waals surface area contributed by atoms with E-state index in [1.807, 2.05) is 42.5 Å². The van der Waals surface area contributed by atoms with Crippen LogP contribution in [0.15, 0.2) is 60.7 Å². The Morgan fingerprint density at radius 1 is 0.952 bits per heavy atom. The van der Waals surface area contributed by atoms with Crippen molar-refractivity contribution in [2.24, 2.45) is 0 Å². The Balaban J connectivity index is 1.98. The van der Waals surface area contributed by atoms with Crippen LogP contribution in [0.1, 0.15) is 27.9 Å². The van der Waals surface area contributed by atoms with Gasteiger partial charge in [-0.1, -0.05) is 60.7 Å². The SMILES string of the molecule is O=C(O)CCc1ccc(C=CC(=O)c2ccccc2)cc1. The number of aliphatic carboxylic acids is 1. The number of ketones is 1. The van der Waals surface area contributed by atoms with E-state index in [-0.39, 0.29) is 12.2 Å². The minimum atomic E-state index is -0.799. The number of aryl methyl sites for hydroxylation is 1. The van der Waals surface area contributed by atoms with E-state index in [4.69, 9.17) is 5.11 Å². The topological polar surface area (TPSA) is 54.4 Å². The van der Waals surface area contributed by atoms with Crippen molar-refractivity contribution in [2.45, 2.75) is 12.8 Å². The number of carboxylic acids is 1. The normalized spacial score (nSPS) is 10.7. The maximum atomic E-state index is 11.9. The monoisotopic (exact) mass is 280 g/mol. The molecule has 0 amide bonds. The lowest BCUT2D eigenvalue weighted by Crippen LogP contribution is -1.97. The van der Waals surface area contributed by atoms with Crippen LogP contribution in [0.25, 0.3) is 6.08 Å². The van der Waals surface area contributed by atoms with Crippen molar-refractivity contribution in [1.82, 2.24) is 0 Å². The van der Waals surface area contributed by atoms with E-state index >= 15 is 0 Å². The average Bonchev–Trinajstić information content (AvgIpc) is 2.52. The van der Waals surface area contributed by atoms with Crippen molar-refractivity contribution in [2.75, 3.05) is 0 Å². The first-order valence-electron chi connectivity index (χ1n) is 6.73. The molecule has 0 saturated heterocycles. The van der Waals surface area contributed by atoms with Crippen LogP contribution in [0, 0.1) is 0 Å². The van der Waals surface area contributed by atoms with Gasteiger partial charge >= 0.3 is 5.97 Å². The summed E-state index contributed by atoms with van der Waals surface area (Å²) in [6, 6.07) is 16.6. The molecule has 0 aliphatic carbocycles. The van der Waals surface area contributed by atoms with Gasteiger partial charge in [0, 0.05) is 12.0 Å². The van der Waals surface area contributed by atoms with Crippen molar-refractivity contribution in [1.29, 1.82) is 0 Å². The van der Waals surface area contributed by atoms with Gasteiger partial charge in [0.05, 0.1) is 0 Å². The fourth-order valence-electron chi connectivity index (χ4n) is 1.92. The van der Waals surface area contributed by atoms with Crippen LogP contribution in [0.3, 0.4) is 0 Å². The number of hydrogen-bond acceptors (Lipinski definition) is 2. The fourth-order valence-corrected chi connectivity index (χ4v) is 1.92. The number of rotatable bonds is 6. The maximum Gasteiger partial charge on any atom is 0.303 e. The maximum absolute atomic E-state index is 11.9. The first-order valence-corrected chi connectivity index (χ1v) is 6.73. The summed E-state index contributed by atoms with van der Waals surface area (Å²) in [6.45, 7) is 0. The molecular weight excluding hydrogens is 264 g/mol. The molecule has 1 N–H and O–H groups in total. The van der Waals surface area contributed by atoms with Gasteiger partial charge in [-0.25, -0.2) is 0 Å². The van der Waals surface area contributed by atoms with Gasteiger partial charge in [-0.2, -0.15) is 0 Å². The second-order valence-corrected chi connectivity index (χ2v) is 4.70. The van der Waals surface area contributed by atoms with Gasteiger partial charge in [-0.15, -0.1) is 0 Å². The zero-order chi connectivity index (χ0) is 15.1. The first-order chi connectivity index (χ1) is 10.1. The highest BCUT2D eigenvalue weighted by Crippen LogP contribution is 2.09. The van der Waals surface area contributed by atoms with Crippen LogP contribution >= 0.6 is 0 Å². The van der Waals surface area contributed by atoms with Gasteiger partial charge in [-0.05, 0) is 23.6 Å². The molecule has 3 nitrogen and oxygen atoms in total. The van der Waals surface area contributed by atoms with E-state index < -0.39 is 5.97 Å². The quantitative estimate of drug-likeness (QED) is 0.649. The number of carbonyl (C=O) groups excluding carboxylic acids is 1. The fraction of sp³-hybridized carbons (Fsp3) is 0.111. The zero-order valence-electron chi connectivity index (χ0n) is 11.5. The molecule has 2 rings (SSSR count). The molecule has 3 heteroatoms. The van der Waals surface area contributed by atoms with Gasteiger partial charge in [0.25, 0.3) is 0 Å². The van der Waals surface area contributed by atoms with Gasteiger partial charge in [0.1, 0.15) is 0 Å². The third-order valence-corrected chi connectivity index (χ3v) is 3.09. The molecule has 0 heterocycles. The Bertz CT molecular complexity index is 640. The van der Waals surface area contributed by atoms with Gasteiger partial charge < -0.3 is 5.11 Å². The van der Waals surface area contributed by atoms with Crippen molar-refractivity contribution in [3.8, 4) is 0 Å². The molecule has 0 aliphatic heterocycles. The van der Waals surface area contributed by atoms with Crippen LogP contribution in [-0.4, -0.2) is 16.9 Å². The third-order valence-electron chi connectivity index (χ3n) is 3.09. The molecule has 0 aromatic heterocycles. The van der Waals surface area contributed by atoms with Gasteiger partial charge in [0.2, 0.25) is 0 Å². The molecule has 0 spiro atoms. The molecule has 2 aromatic carbocycles. The molecule has 0 bridgehead atoms. The van der Waals surface area contributed by atoms with Crippen LogP contribution in [0.4, 0.5) is 0 Å². The Morgan fingerprint density at radius 2 is 1.62 bits per heavy atom. The highest BCUT2D eigenvalue weighted by Gasteiger charge is 2.00. The number of hydrogen-bond donors (Lipinski definition) is 1. The number of carboxylic acid groups (broad SMARTS) is 1. The minimum absolute atomic E-state index is 0.0365. The molecule has 0 fully saturated rings. The lowest BCUT2D eigenvalue weighted by molar-refractivity contribution is -0.136. The largest absolute Gasteiger partial charge is 0.481 e. The summed E-state index contributed by atoms with van der Waals surface area (Å²) in [7, 11) is 0. The van der Waals surface area contributed by atoms with E-state index in [2.05, 4.69) is 0 Å². The van der Waals surface area contributed by atoms with Crippen LogP contribution in [0.5, 0.6) is 0 Å². The number of carbonyl (C=O) groups is 2. The van der Waals surface area contributed by atoms with Crippen LogP contribution in [-0.2, 0) is 11.2 Å². The van der Waals surface area contributed by atoms with Crippen molar-refractivity contribution >= 4 is 17.8 Å². The number of allylic oxidation sites excluding steroid dienone is 1. The summed E-state index contributed by atoms with van der Waals surface area (Å²) >= 11 is 0. The molecular formula is C18H16O3. The molecule has 2 aromatic rings. The summed E-state index contributed by atoms with van der Waals surface area (Å²) in [5.41, 5.74) is 2.55. The molecule has 106 valence electrons. The molecule has 0 aliphatic rings. The van der Waals surface area contributed by atoms with Crippen molar-refractivity contribution in [3.05, 3.63) is 77.4 Å². The molecule has 0 saturated carbocycles. The summed E-state index contributed by atoms with van der Waals surface area (Å²) in [5.74, 6) is -0.835. The first kappa shape index (κ1) is 14.7. The average molecular weight is 280 g/mol. The zero-order valence-corrected chi connectivity index (χ0v) is 11.5. The Morgan fingerprint density at radius 3 is 2.24 bits per heavy atom. The van der Waals surface area contributed by atoms with Gasteiger partial charge in [0.15, 0.2) is 5.78 Å². The Labute approximate surface area is 123 Å². The molecule has 0 unspecified atom stereocenters. The lowest BCUT2D eigenvalue weighted by Gasteiger charge is -2.00. The Kier molecular flexibility index (Phi) is 5.04. The highest BCUT2D eigenvalue weighted by atomic mass is 16.4. The Hall–Kier alpha value is -2.68. The van der Waals surface area contributed by atoms with E-state index in [0.717, 1.165) is 11.1 Å². The molecule has 0 atom stereocenters. The number of benzene rings is 2. The predicted molar refractivity (Wildman–Crippen MR) is 82.2 cm³/mol. The van der Waals surface area contributed by atoms with Gasteiger partial charge in [-0.3, -0.25) is 9.59 Å².